The van der Waals surface area contributed by atoms with Crippen molar-refractivity contribution < 1.29 is 14.6 Å². The number of aromatic nitrogens is 3. The van der Waals surface area contributed by atoms with Crippen LogP contribution >= 0.6 is 11.3 Å². The number of fused-ring (bicyclic) bond motifs is 1. The van der Waals surface area contributed by atoms with Gasteiger partial charge in [0, 0.05) is 13.1 Å². The van der Waals surface area contributed by atoms with Crippen molar-refractivity contribution in [3.8, 4) is 11.6 Å². The molecule has 1 aromatic carbocycles. The molecule has 0 saturated carbocycles. The van der Waals surface area contributed by atoms with Crippen LogP contribution in [0.2, 0.25) is 0 Å². The van der Waals surface area contributed by atoms with Crippen molar-refractivity contribution in [2.24, 2.45) is 0 Å². The lowest BCUT2D eigenvalue weighted by atomic mass is 10.0. The summed E-state index contributed by atoms with van der Waals surface area (Å²) >= 11 is 1.48. The van der Waals surface area contributed by atoms with Crippen molar-refractivity contribution in [3.63, 3.8) is 0 Å². The number of hydrogen-bond acceptors (Lipinski definition) is 7. The van der Waals surface area contributed by atoms with E-state index in [9.17, 15) is 5.11 Å². The highest BCUT2D eigenvalue weighted by Gasteiger charge is 2.30. The smallest absolute Gasteiger partial charge is 0.230 e. The van der Waals surface area contributed by atoms with Crippen molar-refractivity contribution in [1.82, 2.24) is 19.5 Å². The van der Waals surface area contributed by atoms with E-state index in [1.165, 1.54) is 15.9 Å². The molecule has 0 radical (unpaired) electrons. The zero-order valence-electron chi connectivity index (χ0n) is 14.2. The van der Waals surface area contributed by atoms with Crippen LogP contribution in [0.5, 0.6) is 11.6 Å². The average molecular weight is 360 g/mol. The molecular formula is C17H20N4O3S. The number of methoxy groups -OCH3 is 1. The van der Waals surface area contributed by atoms with E-state index in [0.29, 0.717) is 24.0 Å². The molecule has 1 aliphatic heterocycles. The Morgan fingerprint density at radius 2 is 1.96 bits per heavy atom. The number of aromatic hydroxyl groups is 1. The molecule has 0 aliphatic carbocycles. The third-order valence-electron chi connectivity index (χ3n) is 4.40. The lowest BCUT2D eigenvalue weighted by molar-refractivity contribution is 0.0241. The molecule has 0 spiro atoms. The summed E-state index contributed by atoms with van der Waals surface area (Å²) in [5.41, 5.74) is 1.10. The molecule has 4 rings (SSSR count). The van der Waals surface area contributed by atoms with E-state index < -0.39 is 0 Å². The van der Waals surface area contributed by atoms with Crippen LogP contribution in [0.25, 0.3) is 4.96 Å². The zero-order chi connectivity index (χ0) is 17.4. The Bertz CT molecular complexity index is 868. The first-order valence-corrected chi connectivity index (χ1v) is 9.00. The van der Waals surface area contributed by atoms with E-state index in [2.05, 4.69) is 15.0 Å². The van der Waals surface area contributed by atoms with E-state index in [4.69, 9.17) is 9.47 Å². The predicted octanol–water partition coefficient (Wildman–Crippen LogP) is 2.24. The van der Waals surface area contributed by atoms with E-state index in [1.54, 1.807) is 7.11 Å². The fourth-order valence-electron chi connectivity index (χ4n) is 3.18. The summed E-state index contributed by atoms with van der Waals surface area (Å²) in [7, 11) is 1.66. The van der Waals surface area contributed by atoms with Gasteiger partial charge in [-0.3, -0.25) is 4.90 Å². The van der Waals surface area contributed by atoms with Gasteiger partial charge in [0.15, 0.2) is 0 Å². The molecule has 3 aromatic rings. The molecule has 1 N–H and O–H groups in total. The fraction of sp³-hybridized carbons (Fsp3) is 0.412. The van der Waals surface area contributed by atoms with Gasteiger partial charge in [-0.05, 0) is 24.6 Å². The molecule has 1 aliphatic rings. The molecule has 8 heteroatoms. The second-order valence-corrected chi connectivity index (χ2v) is 6.98. The van der Waals surface area contributed by atoms with Gasteiger partial charge in [-0.2, -0.15) is 4.52 Å². The molecule has 132 valence electrons. The van der Waals surface area contributed by atoms with Crippen LogP contribution in [0.4, 0.5) is 0 Å². The van der Waals surface area contributed by atoms with Crippen LogP contribution in [0.3, 0.4) is 0 Å². The van der Waals surface area contributed by atoms with Crippen molar-refractivity contribution >= 4 is 16.3 Å². The van der Waals surface area contributed by atoms with E-state index >= 15 is 0 Å². The van der Waals surface area contributed by atoms with E-state index in [0.717, 1.165) is 29.3 Å². The number of hydrogen-bond donors (Lipinski definition) is 1. The predicted molar refractivity (Wildman–Crippen MR) is 94.5 cm³/mol. The number of rotatable bonds is 4. The van der Waals surface area contributed by atoms with Gasteiger partial charge in [0.05, 0.1) is 31.2 Å². The maximum absolute atomic E-state index is 10.8. The first-order valence-electron chi connectivity index (χ1n) is 8.18. The molecule has 1 fully saturated rings. The summed E-state index contributed by atoms with van der Waals surface area (Å²) in [4.78, 5) is 8.27. The van der Waals surface area contributed by atoms with Gasteiger partial charge >= 0.3 is 0 Å². The Morgan fingerprint density at radius 3 is 2.60 bits per heavy atom. The van der Waals surface area contributed by atoms with E-state index in [-0.39, 0.29) is 11.9 Å². The van der Waals surface area contributed by atoms with Gasteiger partial charge in [0.1, 0.15) is 11.6 Å². The SMILES string of the molecule is COc1ccc([C@@H](c2sc3nc(C)nn3c2O)N2CCOCC2)cc1. The molecule has 0 amide bonds. The minimum atomic E-state index is -0.0661. The average Bonchev–Trinajstić information content (AvgIpc) is 3.15. The summed E-state index contributed by atoms with van der Waals surface area (Å²) in [5, 5.41) is 15.0. The molecule has 1 atom stereocenters. The molecule has 7 nitrogen and oxygen atoms in total. The fourth-order valence-corrected chi connectivity index (χ4v) is 4.34. The van der Waals surface area contributed by atoms with Gasteiger partial charge in [-0.1, -0.05) is 23.5 Å². The second kappa shape index (κ2) is 6.62. The minimum Gasteiger partial charge on any atom is -0.497 e. The molecule has 25 heavy (non-hydrogen) atoms. The Kier molecular flexibility index (Phi) is 4.32. The summed E-state index contributed by atoms with van der Waals surface area (Å²) in [5.74, 6) is 1.63. The number of nitrogens with zero attached hydrogens (tertiary/aromatic N) is 4. The van der Waals surface area contributed by atoms with Gasteiger partial charge in [0.2, 0.25) is 10.8 Å². The minimum absolute atomic E-state index is 0.0661. The quantitative estimate of drug-likeness (QED) is 0.769. The molecular weight excluding hydrogens is 340 g/mol. The maximum atomic E-state index is 10.8. The molecule has 0 bridgehead atoms. The van der Waals surface area contributed by atoms with Crippen LogP contribution < -0.4 is 4.74 Å². The highest BCUT2D eigenvalue weighted by atomic mass is 32.1. The number of aryl methyl sites for hydroxylation is 1. The van der Waals surface area contributed by atoms with Crippen molar-refractivity contribution in [3.05, 3.63) is 40.5 Å². The zero-order valence-corrected chi connectivity index (χ0v) is 15.0. The standard InChI is InChI=1S/C17H20N4O3S/c1-11-18-17-21(19-11)16(22)15(25-17)14(20-7-9-24-10-8-20)12-3-5-13(23-2)6-4-12/h3-6,14,22H,7-10H2,1-2H3/t14-/m0/s1. The summed E-state index contributed by atoms with van der Waals surface area (Å²) in [6, 6.07) is 7.91. The van der Waals surface area contributed by atoms with Gasteiger partial charge in [0.25, 0.3) is 0 Å². The van der Waals surface area contributed by atoms with Crippen LogP contribution in [0.15, 0.2) is 24.3 Å². The Labute approximate surface area is 149 Å². The monoisotopic (exact) mass is 360 g/mol. The largest absolute Gasteiger partial charge is 0.497 e. The Morgan fingerprint density at radius 1 is 1.24 bits per heavy atom. The van der Waals surface area contributed by atoms with E-state index in [1.807, 2.05) is 31.2 Å². The van der Waals surface area contributed by atoms with Crippen molar-refractivity contribution in [2.75, 3.05) is 33.4 Å². The van der Waals surface area contributed by atoms with Crippen LogP contribution in [0.1, 0.15) is 22.3 Å². The third-order valence-corrected chi connectivity index (χ3v) is 5.47. The van der Waals surface area contributed by atoms with Gasteiger partial charge < -0.3 is 14.6 Å². The summed E-state index contributed by atoms with van der Waals surface area (Å²) in [6.07, 6.45) is 0. The molecule has 2 aromatic heterocycles. The van der Waals surface area contributed by atoms with Gasteiger partial charge in [-0.25, -0.2) is 4.98 Å². The molecule has 0 unspecified atom stereocenters. The molecule has 1 saturated heterocycles. The number of benzene rings is 1. The van der Waals surface area contributed by atoms with Gasteiger partial charge in [-0.15, -0.1) is 5.10 Å². The highest BCUT2D eigenvalue weighted by molar-refractivity contribution is 7.17. The van der Waals surface area contributed by atoms with Crippen LogP contribution in [-0.4, -0.2) is 58.0 Å². The lowest BCUT2D eigenvalue weighted by Crippen LogP contribution is -2.39. The normalized spacial score (nSPS) is 17.0. The van der Waals surface area contributed by atoms with Crippen molar-refractivity contribution in [2.45, 2.75) is 13.0 Å². The molecule has 3 heterocycles. The summed E-state index contributed by atoms with van der Waals surface area (Å²) in [6.45, 7) is 4.81. The third kappa shape index (κ3) is 2.97. The van der Waals surface area contributed by atoms with Crippen LogP contribution in [-0.2, 0) is 4.74 Å². The Balaban J connectivity index is 1.80. The number of thiazole rings is 1. The van der Waals surface area contributed by atoms with Crippen LogP contribution in [0, 0.1) is 6.92 Å². The van der Waals surface area contributed by atoms with Crippen molar-refractivity contribution in [1.29, 1.82) is 0 Å². The topological polar surface area (TPSA) is 72.1 Å². The number of morpholine rings is 1. The highest BCUT2D eigenvalue weighted by Crippen LogP contribution is 2.40. The first kappa shape index (κ1) is 16.3. The second-order valence-electron chi connectivity index (χ2n) is 5.97. The maximum Gasteiger partial charge on any atom is 0.230 e. The first-order chi connectivity index (χ1) is 12.2. The number of ether oxygens (including phenoxy) is 2. The Hall–Kier alpha value is -2.16. The lowest BCUT2D eigenvalue weighted by Gasteiger charge is -2.34. The summed E-state index contributed by atoms with van der Waals surface area (Å²) < 4.78 is 12.3.